The number of hydrogen-bond acceptors (Lipinski definition) is 6. The van der Waals surface area contributed by atoms with Gasteiger partial charge in [-0.1, -0.05) is 38.3 Å². The summed E-state index contributed by atoms with van der Waals surface area (Å²) in [7, 11) is 0. The summed E-state index contributed by atoms with van der Waals surface area (Å²) in [6.07, 6.45) is 7.44. The quantitative estimate of drug-likeness (QED) is 0.241. The third kappa shape index (κ3) is 6.65. The molecule has 0 amide bonds. The van der Waals surface area contributed by atoms with E-state index < -0.39 is 6.23 Å². The highest BCUT2D eigenvalue weighted by atomic mass is 16.5. The highest BCUT2D eigenvalue weighted by Crippen LogP contribution is 2.48. The van der Waals surface area contributed by atoms with Crippen LogP contribution < -0.4 is 15.8 Å². The Kier molecular flexibility index (Phi) is 9.60. The number of aliphatic hydroxyl groups is 3. The van der Waals surface area contributed by atoms with Crippen LogP contribution in [0, 0.1) is 17.8 Å². The van der Waals surface area contributed by atoms with Crippen LogP contribution in [0.5, 0.6) is 5.75 Å². The number of nitrogens with two attached hydrogens (primary N) is 1. The molecule has 1 unspecified atom stereocenters. The molecule has 0 radical (unpaired) electrons. The third-order valence-corrected chi connectivity index (χ3v) is 7.24. The van der Waals surface area contributed by atoms with E-state index >= 15 is 0 Å². The number of ether oxygens (including phenoxy) is 1. The van der Waals surface area contributed by atoms with Gasteiger partial charge >= 0.3 is 0 Å². The van der Waals surface area contributed by atoms with Crippen LogP contribution in [-0.4, -0.2) is 53.5 Å². The van der Waals surface area contributed by atoms with Crippen LogP contribution in [0.1, 0.15) is 63.0 Å². The van der Waals surface area contributed by atoms with Gasteiger partial charge in [-0.2, -0.15) is 0 Å². The molecule has 3 rings (SSSR count). The maximum absolute atomic E-state index is 10.8. The molecule has 0 bridgehead atoms. The van der Waals surface area contributed by atoms with Crippen LogP contribution in [0.4, 0.5) is 0 Å². The second-order valence-electron chi connectivity index (χ2n) is 9.49. The lowest BCUT2D eigenvalue weighted by molar-refractivity contribution is 0.0788. The fraction of sp³-hybridized carbons (Fsp3) is 0.760. The van der Waals surface area contributed by atoms with E-state index in [2.05, 4.69) is 18.3 Å². The predicted octanol–water partition coefficient (Wildman–Crippen LogP) is 2.37. The number of hydrogen-bond donors (Lipinski definition) is 5. The van der Waals surface area contributed by atoms with Gasteiger partial charge in [-0.3, -0.25) is 5.32 Å². The Labute approximate surface area is 187 Å². The van der Waals surface area contributed by atoms with Crippen molar-refractivity contribution in [3.05, 3.63) is 29.3 Å². The van der Waals surface area contributed by atoms with Gasteiger partial charge in [-0.05, 0) is 73.5 Å². The van der Waals surface area contributed by atoms with Gasteiger partial charge in [0.05, 0.1) is 12.2 Å². The Hall–Kier alpha value is -1.18. The average Bonchev–Trinajstić information content (AvgIpc) is 3.07. The molecule has 1 aromatic rings. The minimum atomic E-state index is -0.739. The largest absolute Gasteiger partial charge is 0.489 e. The summed E-state index contributed by atoms with van der Waals surface area (Å²) >= 11 is 0. The molecule has 6 N–H and O–H groups in total. The van der Waals surface area contributed by atoms with Gasteiger partial charge < -0.3 is 25.8 Å². The van der Waals surface area contributed by atoms with Gasteiger partial charge in [-0.15, -0.1) is 0 Å². The summed E-state index contributed by atoms with van der Waals surface area (Å²) in [5, 5.41) is 34.0. The van der Waals surface area contributed by atoms with Crippen LogP contribution in [0.15, 0.2) is 18.2 Å². The van der Waals surface area contributed by atoms with E-state index in [0.717, 1.165) is 50.7 Å². The van der Waals surface area contributed by atoms with E-state index in [1.165, 1.54) is 24.0 Å². The van der Waals surface area contributed by atoms with E-state index in [1.54, 1.807) is 0 Å². The summed E-state index contributed by atoms with van der Waals surface area (Å²) in [6.45, 7) is 3.39. The van der Waals surface area contributed by atoms with Crippen molar-refractivity contribution in [1.82, 2.24) is 5.32 Å². The summed E-state index contributed by atoms with van der Waals surface area (Å²) in [5.74, 6) is 2.03. The normalized spacial score (nSPS) is 26.9. The number of benzene rings is 1. The van der Waals surface area contributed by atoms with E-state index in [9.17, 15) is 15.3 Å². The van der Waals surface area contributed by atoms with Crippen molar-refractivity contribution < 1.29 is 20.1 Å². The van der Waals surface area contributed by atoms with E-state index in [1.807, 2.05) is 12.1 Å². The van der Waals surface area contributed by atoms with Gasteiger partial charge in [0.2, 0.25) is 0 Å². The van der Waals surface area contributed by atoms with Crippen LogP contribution in [0.25, 0.3) is 0 Å². The number of fused-ring (bicyclic) bond motifs is 2. The highest BCUT2D eigenvalue weighted by molar-refractivity contribution is 5.43. The molecule has 176 valence electrons. The lowest BCUT2D eigenvalue weighted by Gasteiger charge is -2.32. The smallest absolute Gasteiger partial charge is 0.139 e. The van der Waals surface area contributed by atoms with Gasteiger partial charge in [0, 0.05) is 13.1 Å². The Bertz CT molecular complexity index is 671. The second-order valence-corrected chi connectivity index (χ2v) is 9.49. The summed E-state index contributed by atoms with van der Waals surface area (Å²) in [4.78, 5) is 0. The lowest BCUT2D eigenvalue weighted by atomic mass is 9.73. The predicted molar refractivity (Wildman–Crippen MR) is 123 cm³/mol. The van der Waals surface area contributed by atoms with Gasteiger partial charge in [0.15, 0.2) is 0 Å². The number of nitrogens with one attached hydrogen (secondary N) is 1. The minimum absolute atomic E-state index is 0.186. The fourth-order valence-corrected chi connectivity index (χ4v) is 5.58. The Morgan fingerprint density at radius 1 is 1.19 bits per heavy atom. The van der Waals surface area contributed by atoms with Crippen LogP contribution in [-0.2, 0) is 12.8 Å². The zero-order valence-electron chi connectivity index (χ0n) is 19.0. The molecule has 2 aliphatic carbocycles. The molecule has 1 fully saturated rings. The summed E-state index contributed by atoms with van der Waals surface area (Å²) < 4.78 is 5.94. The first-order chi connectivity index (χ1) is 15.0. The molecule has 31 heavy (non-hydrogen) atoms. The van der Waals surface area contributed by atoms with Crippen molar-refractivity contribution in [2.45, 2.75) is 83.1 Å². The first-order valence-corrected chi connectivity index (χ1v) is 12.2. The van der Waals surface area contributed by atoms with Crippen molar-refractivity contribution in [1.29, 1.82) is 0 Å². The fourth-order valence-electron chi connectivity index (χ4n) is 5.58. The molecule has 0 aliphatic heterocycles. The van der Waals surface area contributed by atoms with E-state index in [4.69, 9.17) is 10.5 Å². The third-order valence-electron chi connectivity index (χ3n) is 7.24. The minimum Gasteiger partial charge on any atom is -0.489 e. The Morgan fingerprint density at radius 3 is 2.81 bits per heavy atom. The van der Waals surface area contributed by atoms with Gasteiger partial charge in [-0.25, -0.2) is 0 Å². The number of aliphatic hydroxyl groups excluding tert-OH is 3. The van der Waals surface area contributed by atoms with Crippen LogP contribution in [0.3, 0.4) is 0 Å². The molecular formula is C25H42N2O4. The molecule has 1 saturated carbocycles. The zero-order chi connectivity index (χ0) is 22.2. The van der Waals surface area contributed by atoms with Crippen molar-refractivity contribution >= 4 is 0 Å². The first-order valence-electron chi connectivity index (χ1n) is 12.2. The van der Waals surface area contributed by atoms with Gasteiger partial charge in [0.1, 0.15) is 18.6 Å². The highest BCUT2D eigenvalue weighted by Gasteiger charge is 2.44. The van der Waals surface area contributed by atoms with Crippen molar-refractivity contribution in [2.24, 2.45) is 23.5 Å². The molecule has 2 aliphatic rings. The van der Waals surface area contributed by atoms with E-state index in [-0.39, 0.29) is 24.7 Å². The maximum atomic E-state index is 10.8. The van der Waals surface area contributed by atoms with Crippen LogP contribution in [0.2, 0.25) is 0 Å². The van der Waals surface area contributed by atoms with Crippen molar-refractivity contribution in [2.75, 3.05) is 19.7 Å². The maximum Gasteiger partial charge on any atom is 0.139 e. The summed E-state index contributed by atoms with van der Waals surface area (Å²) in [6, 6.07) is 6.17. The molecule has 6 heteroatoms. The molecule has 6 atom stereocenters. The molecule has 1 aromatic carbocycles. The molecule has 0 spiro atoms. The van der Waals surface area contributed by atoms with Crippen molar-refractivity contribution in [3.8, 4) is 5.75 Å². The molecule has 6 nitrogen and oxygen atoms in total. The average molecular weight is 435 g/mol. The molecule has 0 saturated heterocycles. The first kappa shape index (κ1) is 24.5. The zero-order valence-corrected chi connectivity index (χ0v) is 19.0. The van der Waals surface area contributed by atoms with E-state index in [0.29, 0.717) is 24.9 Å². The second kappa shape index (κ2) is 12.2. The standard InChI is InChI=1S/C25H42N2O4/c1-2-3-4-7-19(28)9-10-20-21-13-17-6-5-8-24(31-16-25(30)27-12-11-26)22(17)14-18(21)15-23(20)29/h5-6,8,18-21,23,25,27-30H,2-4,7,9-16,26H2,1H3/t18-,19+,20+,21-,23+,25?/m0/s1. The number of rotatable bonds is 13. The van der Waals surface area contributed by atoms with Gasteiger partial charge in [0.25, 0.3) is 0 Å². The SMILES string of the molecule is CCCCC[C@@H](O)CC[C@@H]1[C@H]2Cc3cccc(OCC(O)NCCN)c3C[C@H]2C[C@H]1O. The Balaban J connectivity index is 1.58. The topological polar surface area (TPSA) is 108 Å². The Morgan fingerprint density at radius 2 is 2.03 bits per heavy atom. The molecule has 0 heterocycles. The molecule has 0 aromatic heterocycles. The lowest BCUT2D eigenvalue weighted by Crippen LogP contribution is -2.37. The monoisotopic (exact) mass is 434 g/mol. The van der Waals surface area contributed by atoms with Crippen molar-refractivity contribution in [3.63, 3.8) is 0 Å². The summed E-state index contributed by atoms with van der Waals surface area (Å²) in [5.41, 5.74) is 7.98. The number of unbranched alkanes of at least 4 members (excludes halogenated alkanes) is 2. The van der Waals surface area contributed by atoms with Crippen LogP contribution >= 0.6 is 0 Å². The molecular weight excluding hydrogens is 392 g/mol.